The fraction of sp³-hybridized carbons (Fsp3) is 0.312. The van der Waals surface area contributed by atoms with Crippen LogP contribution >= 0.6 is 0 Å². The first-order chi connectivity index (χ1) is 10.7. The molecular weight excluding hydrogens is 278 g/mol. The van der Waals surface area contributed by atoms with Gasteiger partial charge < -0.3 is 5.32 Å². The summed E-state index contributed by atoms with van der Waals surface area (Å²) in [5.41, 5.74) is 2.99. The molecule has 3 aromatic rings. The predicted molar refractivity (Wildman–Crippen MR) is 85.6 cm³/mol. The van der Waals surface area contributed by atoms with Crippen LogP contribution in [0, 0.1) is 6.92 Å². The molecule has 6 heteroatoms. The maximum atomic E-state index is 12.0. The van der Waals surface area contributed by atoms with Gasteiger partial charge in [0.2, 0.25) is 5.91 Å². The topological polar surface area (TPSA) is 64.7 Å². The monoisotopic (exact) mass is 297 g/mol. The zero-order chi connectivity index (χ0) is 15.5. The molecular formula is C16H19N5O. The van der Waals surface area contributed by atoms with Gasteiger partial charge in [0.1, 0.15) is 0 Å². The molecule has 22 heavy (non-hydrogen) atoms. The second-order valence-corrected chi connectivity index (χ2v) is 5.31. The SMILES string of the molecule is CCn1cc(NC(=O)CCn2ncc3cc(C)ccc32)cn1. The van der Waals surface area contributed by atoms with E-state index in [0.717, 1.165) is 23.1 Å². The van der Waals surface area contributed by atoms with E-state index < -0.39 is 0 Å². The third kappa shape index (κ3) is 3.00. The Morgan fingerprint density at radius 2 is 2.14 bits per heavy atom. The summed E-state index contributed by atoms with van der Waals surface area (Å²) in [6.45, 7) is 5.40. The van der Waals surface area contributed by atoms with E-state index in [2.05, 4.69) is 34.6 Å². The first-order valence-electron chi connectivity index (χ1n) is 7.40. The van der Waals surface area contributed by atoms with Gasteiger partial charge >= 0.3 is 0 Å². The molecule has 3 rings (SSSR count). The van der Waals surface area contributed by atoms with Crippen molar-refractivity contribution in [2.45, 2.75) is 33.4 Å². The molecule has 0 aliphatic carbocycles. The number of benzene rings is 1. The lowest BCUT2D eigenvalue weighted by Gasteiger charge is -2.04. The Balaban J connectivity index is 1.62. The predicted octanol–water partition coefficient (Wildman–Crippen LogP) is 2.59. The molecule has 1 aromatic carbocycles. The summed E-state index contributed by atoms with van der Waals surface area (Å²) in [7, 11) is 0. The van der Waals surface area contributed by atoms with Crippen LogP contribution in [-0.4, -0.2) is 25.5 Å². The number of carbonyl (C=O) groups is 1. The Labute approximate surface area is 128 Å². The van der Waals surface area contributed by atoms with Gasteiger partial charge in [-0.15, -0.1) is 0 Å². The fourth-order valence-electron chi connectivity index (χ4n) is 2.42. The van der Waals surface area contributed by atoms with Crippen LogP contribution in [0.1, 0.15) is 18.9 Å². The number of rotatable bonds is 5. The van der Waals surface area contributed by atoms with Gasteiger partial charge in [0.05, 0.1) is 30.1 Å². The number of hydrogen-bond acceptors (Lipinski definition) is 3. The number of aryl methyl sites for hydroxylation is 3. The molecule has 0 saturated carbocycles. The lowest BCUT2D eigenvalue weighted by atomic mass is 10.2. The molecule has 0 bridgehead atoms. The Morgan fingerprint density at radius 3 is 2.91 bits per heavy atom. The maximum Gasteiger partial charge on any atom is 0.226 e. The van der Waals surface area contributed by atoms with E-state index in [1.807, 2.05) is 30.1 Å². The summed E-state index contributed by atoms with van der Waals surface area (Å²) >= 11 is 0. The van der Waals surface area contributed by atoms with Gasteiger partial charge in [-0.1, -0.05) is 11.6 Å². The zero-order valence-corrected chi connectivity index (χ0v) is 12.8. The summed E-state index contributed by atoms with van der Waals surface area (Å²) in [4.78, 5) is 12.0. The van der Waals surface area contributed by atoms with Crippen molar-refractivity contribution in [2.24, 2.45) is 0 Å². The Kier molecular flexibility index (Phi) is 3.91. The molecule has 0 atom stereocenters. The fourth-order valence-corrected chi connectivity index (χ4v) is 2.42. The quantitative estimate of drug-likeness (QED) is 0.787. The zero-order valence-electron chi connectivity index (χ0n) is 12.8. The number of fused-ring (bicyclic) bond motifs is 1. The molecule has 114 valence electrons. The molecule has 0 unspecified atom stereocenters. The highest BCUT2D eigenvalue weighted by molar-refractivity contribution is 5.90. The van der Waals surface area contributed by atoms with E-state index in [1.165, 1.54) is 5.56 Å². The number of nitrogens with zero attached hydrogens (tertiary/aromatic N) is 4. The number of carbonyl (C=O) groups excluding carboxylic acids is 1. The molecule has 0 radical (unpaired) electrons. The first-order valence-corrected chi connectivity index (χ1v) is 7.40. The van der Waals surface area contributed by atoms with Crippen LogP contribution in [0.5, 0.6) is 0 Å². The smallest absolute Gasteiger partial charge is 0.226 e. The van der Waals surface area contributed by atoms with Crippen LogP contribution in [-0.2, 0) is 17.9 Å². The molecule has 1 amide bonds. The molecule has 2 heterocycles. The van der Waals surface area contributed by atoms with Crippen molar-refractivity contribution in [3.8, 4) is 0 Å². The van der Waals surface area contributed by atoms with Crippen molar-refractivity contribution >= 4 is 22.5 Å². The van der Waals surface area contributed by atoms with Crippen molar-refractivity contribution in [1.82, 2.24) is 19.6 Å². The number of anilines is 1. The van der Waals surface area contributed by atoms with Crippen molar-refractivity contribution in [3.05, 3.63) is 42.4 Å². The molecule has 6 nitrogen and oxygen atoms in total. The van der Waals surface area contributed by atoms with Crippen LogP contribution in [0.25, 0.3) is 10.9 Å². The summed E-state index contributed by atoms with van der Waals surface area (Å²) < 4.78 is 3.64. The van der Waals surface area contributed by atoms with Gasteiger partial charge in [0, 0.05) is 24.5 Å². The normalized spacial score (nSPS) is 11.0. The van der Waals surface area contributed by atoms with E-state index >= 15 is 0 Å². The third-order valence-corrected chi connectivity index (χ3v) is 3.59. The largest absolute Gasteiger partial charge is 0.323 e. The summed E-state index contributed by atoms with van der Waals surface area (Å²) in [6, 6.07) is 6.19. The highest BCUT2D eigenvalue weighted by atomic mass is 16.1. The van der Waals surface area contributed by atoms with Gasteiger partial charge in [-0.05, 0) is 26.0 Å². The maximum absolute atomic E-state index is 12.0. The molecule has 1 N–H and O–H groups in total. The molecule has 0 aliphatic heterocycles. The summed E-state index contributed by atoms with van der Waals surface area (Å²) in [5.74, 6) is -0.0357. The molecule has 0 saturated heterocycles. The third-order valence-electron chi connectivity index (χ3n) is 3.59. The van der Waals surface area contributed by atoms with Gasteiger partial charge in [-0.25, -0.2) is 0 Å². The number of amides is 1. The van der Waals surface area contributed by atoms with E-state index in [0.29, 0.717) is 13.0 Å². The lowest BCUT2D eigenvalue weighted by molar-refractivity contribution is -0.116. The highest BCUT2D eigenvalue weighted by Gasteiger charge is 2.07. The minimum Gasteiger partial charge on any atom is -0.323 e. The Morgan fingerprint density at radius 1 is 1.27 bits per heavy atom. The van der Waals surface area contributed by atoms with Crippen LogP contribution in [0.15, 0.2) is 36.8 Å². The first kappa shape index (κ1) is 14.3. The summed E-state index contributed by atoms with van der Waals surface area (Å²) in [6.07, 6.45) is 5.70. The van der Waals surface area contributed by atoms with Crippen molar-refractivity contribution < 1.29 is 4.79 Å². The minimum atomic E-state index is -0.0357. The lowest BCUT2D eigenvalue weighted by Crippen LogP contribution is -2.14. The van der Waals surface area contributed by atoms with E-state index in [9.17, 15) is 4.79 Å². The van der Waals surface area contributed by atoms with Crippen molar-refractivity contribution in [3.63, 3.8) is 0 Å². The minimum absolute atomic E-state index is 0.0357. The van der Waals surface area contributed by atoms with Gasteiger partial charge in [0.15, 0.2) is 0 Å². The standard InChI is InChI=1S/C16H19N5O/c1-3-20-11-14(10-17-20)19-16(22)6-7-21-15-5-4-12(2)8-13(15)9-18-21/h4-5,8-11H,3,6-7H2,1-2H3,(H,19,22). The van der Waals surface area contributed by atoms with Gasteiger partial charge in [-0.2, -0.15) is 10.2 Å². The molecule has 0 spiro atoms. The van der Waals surface area contributed by atoms with Crippen molar-refractivity contribution in [2.75, 3.05) is 5.32 Å². The van der Waals surface area contributed by atoms with Gasteiger partial charge in [0.25, 0.3) is 0 Å². The number of aromatic nitrogens is 4. The Bertz CT molecular complexity index is 802. The number of nitrogens with one attached hydrogen (secondary N) is 1. The van der Waals surface area contributed by atoms with E-state index in [1.54, 1.807) is 10.9 Å². The Hall–Kier alpha value is -2.63. The van der Waals surface area contributed by atoms with Crippen LogP contribution in [0.2, 0.25) is 0 Å². The van der Waals surface area contributed by atoms with Crippen molar-refractivity contribution in [1.29, 1.82) is 0 Å². The van der Waals surface area contributed by atoms with Crippen LogP contribution in [0.4, 0.5) is 5.69 Å². The highest BCUT2D eigenvalue weighted by Crippen LogP contribution is 2.15. The average molecular weight is 297 g/mol. The second-order valence-electron chi connectivity index (χ2n) is 5.31. The molecule has 0 aliphatic rings. The molecule has 2 aromatic heterocycles. The van der Waals surface area contributed by atoms with Crippen LogP contribution < -0.4 is 5.32 Å². The van der Waals surface area contributed by atoms with E-state index in [-0.39, 0.29) is 5.91 Å². The average Bonchev–Trinajstić information content (AvgIpc) is 3.11. The second kappa shape index (κ2) is 6.01. The number of hydrogen-bond donors (Lipinski definition) is 1. The molecule has 0 fully saturated rings. The van der Waals surface area contributed by atoms with Crippen LogP contribution in [0.3, 0.4) is 0 Å². The van der Waals surface area contributed by atoms with Gasteiger partial charge in [-0.3, -0.25) is 14.2 Å². The van der Waals surface area contributed by atoms with E-state index in [4.69, 9.17) is 0 Å². The summed E-state index contributed by atoms with van der Waals surface area (Å²) in [5, 5.41) is 12.4.